The van der Waals surface area contributed by atoms with Gasteiger partial charge in [0.1, 0.15) is 5.76 Å². The van der Waals surface area contributed by atoms with Crippen LogP contribution in [-0.4, -0.2) is 32.5 Å². The summed E-state index contributed by atoms with van der Waals surface area (Å²) in [7, 11) is 0. The fourth-order valence-corrected chi connectivity index (χ4v) is 4.17. The van der Waals surface area contributed by atoms with Crippen LogP contribution in [0.4, 0.5) is 0 Å². The minimum atomic E-state index is 0.0583. The van der Waals surface area contributed by atoms with Crippen molar-refractivity contribution in [3.8, 4) is 11.4 Å². The molecule has 0 saturated heterocycles. The summed E-state index contributed by atoms with van der Waals surface area (Å²) < 4.78 is 7.34. The number of nitrogens with zero attached hydrogens (tertiary/aromatic N) is 3. The maximum absolute atomic E-state index is 12.4. The van der Waals surface area contributed by atoms with Gasteiger partial charge in [-0.2, -0.15) is 0 Å². The Bertz CT molecular complexity index is 767. The highest BCUT2D eigenvalue weighted by Crippen LogP contribution is 2.27. The summed E-state index contributed by atoms with van der Waals surface area (Å²) in [6, 6.07) is 2.18. The molecule has 1 aliphatic rings. The number of amides is 1. The average molecular weight is 375 g/mol. The lowest BCUT2D eigenvalue weighted by atomic mass is 9.86. The van der Waals surface area contributed by atoms with E-state index in [1.54, 1.807) is 12.3 Å². The molecule has 140 valence electrons. The molecular formula is C19H26N4O2S. The number of carbonyl (C=O) groups excluding carboxylic acids is 1. The lowest BCUT2D eigenvalue weighted by molar-refractivity contribution is -0.119. The lowest BCUT2D eigenvalue weighted by Gasteiger charge is -2.29. The number of hydrogen-bond donors (Lipinski definition) is 1. The van der Waals surface area contributed by atoms with Crippen molar-refractivity contribution < 1.29 is 9.21 Å². The Hall–Kier alpha value is -2.02. The third-order valence-electron chi connectivity index (χ3n) is 4.92. The molecule has 0 aromatic carbocycles. The molecule has 1 N–H and O–H groups in total. The molecule has 7 heteroatoms. The van der Waals surface area contributed by atoms with E-state index in [1.807, 2.05) is 17.6 Å². The average Bonchev–Trinajstić information content (AvgIpc) is 3.21. The Morgan fingerprint density at radius 2 is 2.27 bits per heavy atom. The van der Waals surface area contributed by atoms with Crippen molar-refractivity contribution in [3.05, 3.63) is 30.7 Å². The van der Waals surface area contributed by atoms with Crippen LogP contribution < -0.4 is 5.32 Å². The van der Waals surface area contributed by atoms with Crippen molar-refractivity contribution in [2.24, 2.45) is 5.92 Å². The first-order chi connectivity index (χ1) is 12.6. The van der Waals surface area contributed by atoms with Gasteiger partial charge in [0, 0.05) is 12.6 Å². The van der Waals surface area contributed by atoms with Gasteiger partial charge in [-0.25, -0.2) is 0 Å². The van der Waals surface area contributed by atoms with Crippen molar-refractivity contribution >= 4 is 17.7 Å². The van der Waals surface area contributed by atoms with E-state index in [2.05, 4.69) is 29.0 Å². The fraction of sp³-hybridized carbons (Fsp3) is 0.526. The van der Waals surface area contributed by atoms with Crippen molar-refractivity contribution in [1.29, 1.82) is 0 Å². The zero-order valence-electron chi connectivity index (χ0n) is 15.4. The molecule has 3 rings (SSSR count). The first kappa shape index (κ1) is 18.8. The zero-order chi connectivity index (χ0) is 18.5. The topological polar surface area (TPSA) is 73.0 Å². The normalized spacial score (nSPS) is 20.1. The maximum atomic E-state index is 12.4. The Balaban J connectivity index is 1.66. The third kappa shape index (κ3) is 4.20. The molecule has 2 atom stereocenters. The van der Waals surface area contributed by atoms with E-state index in [9.17, 15) is 4.79 Å². The van der Waals surface area contributed by atoms with E-state index in [0.717, 1.165) is 23.6 Å². The second-order valence-electron chi connectivity index (χ2n) is 6.82. The molecule has 1 fully saturated rings. The lowest BCUT2D eigenvalue weighted by Crippen LogP contribution is -2.41. The zero-order valence-corrected chi connectivity index (χ0v) is 16.2. The van der Waals surface area contributed by atoms with Gasteiger partial charge in [-0.1, -0.05) is 37.6 Å². The molecule has 0 radical (unpaired) electrons. The Labute approximate surface area is 158 Å². The van der Waals surface area contributed by atoms with Gasteiger partial charge in [-0.05, 0) is 31.7 Å². The first-order valence-corrected chi connectivity index (χ1v) is 10.1. The summed E-state index contributed by atoms with van der Waals surface area (Å²) >= 11 is 1.41. The molecule has 0 aliphatic heterocycles. The predicted octanol–water partition coefficient (Wildman–Crippen LogP) is 3.82. The number of hydrogen-bond acceptors (Lipinski definition) is 5. The number of carbonyl (C=O) groups is 1. The predicted molar refractivity (Wildman–Crippen MR) is 103 cm³/mol. The van der Waals surface area contributed by atoms with Crippen molar-refractivity contribution in [3.63, 3.8) is 0 Å². The van der Waals surface area contributed by atoms with Crippen LogP contribution in [0.5, 0.6) is 0 Å². The van der Waals surface area contributed by atoms with Gasteiger partial charge in [-0.15, -0.1) is 16.8 Å². The molecule has 0 unspecified atom stereocenters. The van der Waals surface area contributed by atoms with Gasteiger partial charge < -0.3 is 9.73 Å². The van der Waals surface area contributed by atoms with Gasteiger partial charge in [-0.3, -0.25) is 9.36 Å². The van der Waals surface area contributed by atoms with E-state index in [4.69, 9.17) is 4.42 Å². The number of nitrogens with one attached hydrogen (secondary N) is 1. The Morgan fingerprint density at radius 1 is 1.46 bits per heavy atom. The van der Waals surface area contributed by atoms with Gasteiger partial charge in [0.25, 0.3) is 0 Å². The molecule has 6 nitrogen and oxygen atoms in total. The molecule has 0 spiro atoms. The number of aromatic nitrogens is 3. The summed E-state index contributed by atoms with van der Waals surface area (Å²) in [6.45, 7) is 8.51. The van der Waals surface area contributed by atoms with Crippen molar-refractivity contribution in [1.82, 2.24) is 20.1 Å². The summed E-state index contributed by atoms with van der Waals surface area (Å²) in [5.74, 6) is 2.48. The van der Waals surface area contributed by atoms with Crippen LogP contribution in [-0.2, 0) is 11.3 Å². The number of thioether (sulfide) groups is 1. The van der Waals surface area contributed by atoms with Gasteiger partial charge in [0.05, 0.1) is 17.6 Å². The summed E-state index contributed by atoms with van der Waals surface area (Å²) in [6.07, 6.45) is 8.18. The third-order valence-corrected chi connectivity index (χ3v) is 5.89. The van der Waals surface area contributed by atoms with Gasteiger partial charge >= 0.3 is 0 Å². The standard InChI is InChI=1S/C19H26N4O2S/c1-4-10-23-18(15-9-11-25-14(15)3)21-22-19(23)26-12-17(24)20-16-8-6-5-7-13(16)2/h4,9,11,13,16H,1,5-8,10,12H2,2-3H3,(H,20,24)/t13-,16-/m0/s1. The minimum absolute atomic E-state index is 0.0583. The highest BCUT2D eigenvalue weighted by atomic mass is 32.2. The van der Waals surface area contributed by atoms with Gasteiger partial charge in [0.2, 0.25) is 5.91 Å². The highest BCUT2D eigenvalue weighted by Gasteiger charge is 2.23. The van der Waals surface area contributed by atoms with E-state index in [0.29, 0.717) is 29.4 Å². The maximum Gasteiger partial charge on any atom is 0.230 e. The van der Waals surface area contributed by atoms with Crippen LogP contribution in [0, 0.1) is 12.8 Å². The molecule has 2 aromatic heterocycles. The SMILES string of the molecule is C=CCn1c(SCC(=O)N[C@H]2CCCC[C@@H]2C)nnc1-c1ccoc1C. The van der Waals surface area contributed by atoms with Crippen LogP contribution in [0.1, 0.15) is 38.4 Å². The van der Waals surface area contributed by atoms with E-state index in [1.165, 1.54) is 31.0 Å². The number of furan rings is 1. The summed E-state index contributed by atoms with van der Waals surface area (Å²) in [5, 5.41) is 12.5. The Kier molecular flexibility index (Phi) is 6.19. The monoisotopic (exact) mass is 374 g/mol. The fourth-order valence-electron chi connectivity index (χ4n) is 3.41. The second-order valence-corrected chi connectivity index (χ2v) is 7.76. The van der Waals surface area contributed by atoms with Crippen molar-refractivity contribution in [2.45, 2.75) is 57.3 Å². The molecule has 1 saturated carbocycles. The van der Waals surface area contributed by atoms with Crippen molar-refractivity contribution in [2.75, 3.05) is 5.75 Å². The molecule has 2 heterocycles. The van der Waals surface area contributed by atoms with Gasteiger partial charge in [0.15, 0.2) is 11.0 Å². The van der Waals surface area contributed by atoms with Crippen LogP contribution in [0.15, 0.2) is 34.6 Å². The molecule has 26 heavy (non-hydrogen) atoms. The van der Waals surface area contributed by atoms with E-state index in [-0.39, 0.29) is 5.91 Å². The quantitative estimate of drug-likeness (QED) is 0.589. The largest absolute Gasteiger partial charge is 0.469 e. The van der Waals surface area contributed by atoms with Crippen LogP contribution in [0.3, 0.4) is 0 Å². The Morgan fingerprint density at radius 3 is 2.96 bits per heavy atom. The van der Waals surface area contributed by atoms with E-state index < -0.39 is 0 Å². The summed E-state index contributed by atoms with van der Waals surface area (Å²) in [5.41, 5.74) is 0.909. The molecule has 2 aromatic rings. The minimum Gasteiger partial charge on any atom is -0.469 e. The first-order valence-electron chi connectivity index (χ1n) is 9.11. The van der Waals surface area contributed by atoms with Crippen LogP contribution in [0.25, 0.3) is 11.4 Å². The summed E-state index contributed by atoms with van der Waals surface area (Å²) in [4.78, 5) is 12.4. The van der Waals surface area contributed by atoms with Crippen LogP contribution >= 0.6 is 11.8 Å². The second kappa shape index (κ2) is 8.58. The van der Waals surface area contributed by atoms with E-state index >= 15 is 0 Å². The highest BCUT2D eigenvalue weighted by molar-refractivity contribution is 7.99. The molecular weight excluding hydrogens is 348 g/mol. The molecule has 0 bridgehead atoms. The number of rotatable bonds is 7. The smallest absolute Gasteiger partial charge is 0.230 e. The number of allylic oxidation sites excluding steroid dienone is 1. The number of aryl methyl sites for hydroxylation is 1. The van der Waals surface area contributed by atoms with Crippen LogP contribution in [0.2, 0.25) is 0 Å². The molecule has 1 aliphatic carbocycles. The molecule has 1 amide bonds.